The van der Waals surface area contributed by atoms with Crippen molar-refractivity contribution in [2.45, 2.75) is 0 Å². The maximum Gasteiger partial charge on any atom is 0.238 e. The molecule has 0 radical (unpaired) electrons. The fraction of sp³-hybridized carbons (Fsp3) is 0. The molecule has 0 spiro atoms. The van der Waals surface area contributed by atoms with E-state index in [0.29, 0.717) is 23.4 Å². The molecule has 290 valence electrons. The van der Waals surface area contributed by atoms with Gasteiger partial charge in [0, 0.05) is 44.1 Å². The molecule has 0 aliphatic rings. The van der Waals surface area contributed by atoms with E-state index < -0.39 is 0 Å². The van der Waals surface area contributed by atoms with Crippen LogP contribution in [0.1, 0.15) is 0 Å². The van der Waals surface area contributed by atoms with Crippen LogP contribution in [0.15, 0.2) is 212 Å². The van der Waals surface area contributed by atoms with Crippen LogP contribution in [0.4, 0.5) is 0 Å². The predicted octanol–water partition coefficient (Wildman–Crippen LogP) is 13.2. The number of benzene rings is 8. The van der Waals surface area contributed by atoms with Crippen LogP contribution in [0.3, 0.4) is 0 Å². The Labute approximate surface area is 356 Å². The van der Waals surface area contributed by atoms with Crippen LogP contribution in [0.2, 0.25) is 0 Å². The first-order chi connectivity index (χ1) is 30.7. The first-order valence-corrected chi connectivity index (χ1v) is 20.7. The lowest BCUT2D eigenvalue weighted by molar-refractivity contribution is 0.951. The van der Waals surface area contributed by atoms with E-state index in [1.165, 1.54) is 16.3 Å². The highest BCUT2D eigenvalue weighted by atomic mass is 15.2. The van der Waals surface area contributed by atoms with Crippen molar-refractivity contribution in [2.75, 3.05) is 0 Å². The maximum atomic E-state index is 5.42. The highest BCUT2D eigenvalue weighted by Gasteiger charge is 2.24. The molecule has 12 aromatic rings. The van der Waals surface area contributed by atoms with Crippen molar-refractivity contribution in [1.82, 2.24) is 34.1 Å². The van der Waals surface area contributed by atoms with Gasteiger partial charge >= 0.3 is 0 Å². The predicted molar refractivity (Wildman–Crippen MR) is 251 cm³/mol. The minimum atomic E-state index is 0.480. The third kappa shape index (κ3) is 5.94. The van der Waals surface area contributed by atoms with E-state index in [1.54, 1.807) is 0 Å². The second-order valence-electron chi connectivity index (χ2n) is 15.3. The molecular formula is C55H35N7. The number of para-hydroxylation sites is 2. The molecule has 8 aromatic carbocycles. The van der Waals surface area contributed by atoms with Crippen LogP contribution in [0.25, 0.3) is 112 Å². The molecule has 0 fully saturated rings. The van der Waals surface area contributed by atoms with Gasteiger partial charge in [-0.2, -0.15) is 9.97 Å². The summed E-state index contributed by atoms with van der Waals surface area (Å²) < 4.78 is 4.48. The normalized spacial score (nSPS) is 11.5. The van der Waals surface area contributed by atoms with E-state index in [1.807, 2.05) is 97.1 Å². The molecule has 0 bridgehead atoms. The third-order valence-electron chi connectivity index (χ3n) is 11.6. The molecule has 62 heavy (non-hydrogen) atoms. The van der Waals surface area contributed by atoms with Gasteiger partial charge in [0.1, 0.15) is 11.0 Å². The zero-order valence-corrected chi connectivity index (χ0v) is 33.3. The van der Waals surface area contributed by atoms with Crippen LogP contribution in [0, 0.1) is 0 Å². The smallest absolute Gasteiger partial charge is 0.238 e. The van der Waals surface area contributed by atoms with E-state index >= 15 is 0 Å². The fourth-order valence-electron chi connectivity index (χ4n) is 8.70. The molecule has 4 aromatic heterocycles. The second-order valence-corrected chi connectivity index (χ2v) is 15.3. The summed E-state index contributed by atoms with van der Waals surface area (Å²) in [5.74, 6) is 2.27. The summed E-state index contributed by atoms with van der Waals surface area (Å²) >= 11 is 0. The van der Waals surface area contributed by atoms with Crippen molar-refractivity contribution in [3.63, 3.8) is 0 Å². The molecule has 0 unspecified atom stereocenters. The Hall–Kier alpha value is -8.55. The van der Waals surface area contributed by atoms with Crippen molar-refractivity contribution in [2.24, 2.45) is 0 Å². The second kappa shape index (κ2) is 14.6. The van der Waals surface area contributed by atoms with Gasteiger partial charge in [-0.25, -0.2) is 15.0 Å². The topological polar surface area (TPSA) is 74.3 Å². The van der Waals surface area contributed by atoms with Gasteiger partial charge in [-0.3, -0.25) is 4.57 Å². The van der Waals surface area contributed by atoms with Crippen molar-refractivity contribution in [1.29, 1.82) is 0 Å². The highest BCUT2D eigenvalue weighted by molar-refractivity contribution is 6.14. The molecule has 0 N–H and O–H groups in total. The summed E-state index contributed by atoms with van der Waals surface area (Å²) in [6.07, 6.45) is 0. The zero-order chi connectivity index (χ0) is 41.0. The lowest BCUT2D eigenvalue weighted by Gasteiger charge is -2.13. The lowest BCUT2D eigenvalue weighted by Crippen LogP contribution is -2.07. The largest absolute Gasteiger partial charge is 0.309 e. The average Bonchev–Trinajstić information content (AvgIpc) is 3.87. The average molecular weight is 794 g/mol. The van der Waals surface area contributed by atoms with Gasteiger partial charge < -0.3 is 4.57 Å². The van der Waals surface area contributed by atoms with Crippen LogP contribution >= 0.6 is 0 Å². The molecule has 0 amide bonds. The van der Waals surface area contributed by atoms with Gasteiger partial charge in [0.25, 0.3) is 0 Å². The van der Waals surface area contributed by atoms with E-state index in [0.717, 1.165) is 72.2 Å². The van der Waals surface area contributed by atoms with Crippen LogP contribution in [0.5, 0.6) is 0 Å². The molecular weight excluding hydrogens is 759 g/mol. The summed E-state index contributed by atoms with van der Waals surface area (Å²) in [5, 5.41) is 3.36. The molecule has 7 heteroatoms. The molecule has 0 atom stereocenters. The monoisotopic (exact) mass is 793 g/mol. The van der Waals surface area contributed by atoms with Crippen LogP contribution in [-0.2, 0) is 0 Å². The van der Waals surface area contributed by atoms with Crippen LogP contribution in [-0.4, -0.2) is 34.1 Å². The van der Waals surface area contributed by atoms with Gasteiger partial charge in [-0.1, -0.05) is 170 Å². The first kappa shape index (κ1) is 35.4. The van der Waals surface area contributed by atoms with Gasteiger partial charge in [0.05, 0.1) is 22.2 Å². The van der Waals surface area contributed by atoms with Crippen LogP contribution < -0.4 is 0 Å². The summed E-state index contributed by atoms with van der Waals surface area (Å²) in [5.41, 5.74) is 12.6. The molecule has 12 rings (SSSR count). The van der Waals surface area contributed by atoms with E-state index in [4.69, 9.17) is 24.9 Å². The molecule has 7 nitrogen and oxygen atoms in total. The minimum Gasteiger partial charge on any atom is -0.309 e. The number of hydrogen-bond acceptors (Lipinski definition) is 5. The van der Waals surface area contributed by atoms with Crippen molar-refractivity contribution in [3.8, 4) is 68.2 Å². The third-order valence-corrected chi connectivity index (χ3v) is 11.6. The number of fused-ring (bicyclic) bond motifs is 6. The van der Waals surface area contributed by atoms with Gasteiger partial charge in [0.15, 0.2) is 17.5 Å². The summed E-state index contributed by atoms with van der Waals surface area (Å²) in [7, 11) is 0. The Kier molecular flexibility index (Phi) is 8.35. The van der Waals surface area contributed by atoms with Crippen molar-refractivity contribution in [3.05, 3.63) is 212 Å². The zero-order valence-electron chi connectivity index (χ0n) is 33.3. The minimum absolute atomic E-state index is 0.480. The molecule has 4 heterocycles. The van der Waals surface area contributed by atoms with E-state index in [2.05, 4.69) is 124 Å². The Morgan fingerprint density at radius 2 is 0.742 bits per heavy atom. The molecule has 0 saturated carbocycles. The van der Waals surface area contributed by atoms with Crippen molar-refractivity contribution >= 4 is 43.7 Å². The molecule has 0 aliphatic heterocycles. The Bertz CT molecular complexity index is 3550. The standard InChI is InChI=1S/C55H35N7/c1-6-18-36(19-7-1)49-51-50(57-52(56-49)37-20-8-2-9-21-37)45-35-41(40-30-32-47-44(34-40)43-28-16-17-29-46(43)61(47)42-26-14-5-15-27-42)31-33-48(45)62(51)55-59-53(38-22-10-3-11-23-38)58-54(60-55)39-24-12-4-13-25-39/h1-35H. The van der Waals surface area contributed by atoms with E-state index in [-0.39, 0.29) is 0 Å². The Morgan fingerprint density at radius 3 is 1.32 bits per heavy atom. The first-order valence-electron chi connectivity index (χ1n) is 20.7. The Morgan fingerprint density at radius 1 is 0.290 bits per heavy atom. The molecule has 0 saturated heterocycles. The van der Waals surface area contributed by atoms with Gasteiger partial charge in [-0.05, 0) is 53.6 Å². The van der Waals surface area contributed by atoms with Gasteiger partial charge in [0.2, 0.25) is 5.95 Å². The van der Waals surface area contributed by atoms with Crippen molar-refractivity contribution < 1.29 is 0 Å². The number of rotatable bonds is 7. The maximum absolute atomic E-state index is 5.42. The molecule has 0 aliphatic carbocycles. The summed E-state index contributed by atoms with van der Waals surface area (Å²) in [4.78, 5) is 26.3. The lowest BCUT2D eigenvalue weighted by atomic mass is 10.0. The quantitative estimate of drug-likeness (QED) is 0.161. The van der Waals surface area contributed by atoms with Gasteiger partial charge in [-0.15, -0.1) is 0 Å². The van der Waals surface area contributed by atoms with E-state index in [9.17, 15) is 0 Å². The highest BCUT2D eigenvalue weighted by Crippen LogP contribution is 2.41. The summed E-state index contributed by atoms with van der Waals surface area (Å²) in [6.45, 7) is 0. The SMILES string of the molecule is c1ccc(-c2nc(-c3ccccc3)nc(-n3c4ccc(-c5ccc6c(c5)c5ccccc5n6-c5ccccc5)cc4c4nc(-c5ccccc5)nc(-c5ccccc5)c43)n2)cc1. The Balaban J connectivity index is 1.16. The number of nitrogens with zero attached hydrogens (tertiary/aromatic N) is 7. The number of hydrogen-bond donors (Lipinski definition) is 0. The number of aromatic nitrogens is 7. The fourth-order valence-corrected chi connectivity index (χ4v) is 8.70. The summed E-state index contributed by atoms with van der Waals surface area (Å²) in [6, 6.07) is 73.3.